The molecule has 17 heavy (non-hydrogen) atoms. The normalized spacial score (nSPS) is 18.1. The van der Waals surface area contributed by atoms with Gasteiger partial charge in [0.15, 0.2) is 21.5 Å². The number of nitrogens with two attached hydrogens (primary N) is 1. The van der Waals surface area contributed by atoms with E-state index in [0.717, 1.165) is 12.3 Å². The second-order valence-electron chi connectivity index (χ2n) is 4.50. The minimum absolute atomic E-state index is 0.185. The van der Waals surface area contributed by atoms with Gasteiger partial charge in [-0.2, -0.15) is 0 Å². The Morgan fingerprint density at radius 1 is 1.29 bits per heavy atom. The van der Waals surface area contributed by atoms with Crippen molar-refractivity contribution >= 4 is 9.84 Å². The fourth-order valence-electron chi connectivity index (χ4n) is 1.96. The monoisotopic (exact) mass is 261 g/mol. The van der Waals surface area contributed by atoms with Gasteiger partial charge in [-0.25, -0.2) is 17.2 Å². The van der Waals surface area contributed by atoms with Crippen LogP contribution in [-0.4, -0.2) is 21.2 Å². The zero-order valence-corrected chi connectivity index (χ0v) is 10.2. The van der Waals surface area contributed by atoms with Gasteiger partial charge in [0.25, 0.3) is 0 Å². The molecule has 94 valence electrons. The van der Waals surface area contributed by atoms with E-state index in [9.17, 15) is 17.2 Å². The molecule has 1 aliphatic rings. The lowest BCUT2D eigenvalue weighted by Gasteiger charge is -2.15. The molecule has 1 aromatic rings. The Hall–Kier alpha value is -1.01. The van der Waals surface area contributed by atoms with Gasteiger partial charge in [-0.05, 0) is 24.5 Å². The van der Waals surface area contributed by atoms with Gasteiger partial charge in [-0.3, -0.25) is 0 Å². The van der Waals surface area contributed by atoms with E-state index in [1.54, 1.807) is 0 Å². The van der Waals surface area contributed by atoms with E-state index >= 15 is 0 Å². The molecule has 1 aromatic carbocycles. The largest absolute Gasteiger partial charge is 0.330 e. The summed E-state index contributed by atoms with van der Waals surface area (Å²) in [7, 11) is -3.75. The zero-order valence-electron chi connectivity index (χ0n) is 9.33. The number of halogens is 2. The Morgan fingerprint density at radius 2 is 1.88 bits per heavy atom. The zero-order chi connectivity index (χ0) is 12.8. The van der Waals surface area contributed by atoms with Crippen LogP contribution in [0.25, 0.3) is 0 Å². The maximum atomic E-state index is 13.8. The van der Waals surface area contributed by atoms with Gasteiger partial charge in [0.05, 0.1) is 0 Å². The molecular formula is C11H13F2NO2S. The molecule has 0 spiro atoms. The van der Waals surface area contributed by atoms with Crippen molar-refractivity contribution in [2.45, 2.75) is 23.2 Å². The number of sulfone groups is 1. The molecule has 0 radical (unpaired) electrons. The smallest absolute Gasteiger partial charge is 0.178 e. The van der Waals surface area contributed by atoms with Crippen LogP contribution in [0.4, 0.5) is 8.78 Å². The summed E-state index contributed by atoms with van der Waals surface area (Å²) in [4.78, 5) is -0.605. The number of rotatable bonds is 3. The first-order valence-electron chi connectivity index (χ1n) is 5.20. The lowest BCUT2D eigenvalue weighted by atomic mass is 9.95. The summed E-state index contributed by atoms with van der Waals surface area (Å²) in [6.45, 7) is 0.238. The standard InChI is InChI=1S/C11H13F2NO2S/c1-17(15,16)8-3-2-7(9(12)10(8)13)11(6-14)4-5-11/h2-3H,4-6,14H2,1H3. The quantitative estimate of drug-likeness (QED) is 0.893. The topological polar surface area (TPSA) is 60.2 Å². The van der Waals surface area contributed by atoms with Gasteiger partial charge in [0.2, 0.25) is 0 Å². The number of hydrogen-bond acceptors (Lipinski definition) is 3. The van der Waals surface area contributed by atoms with E-state index in [0.29, 0.717) is 12.8 Å². The SMILES string of the molecule is CS(=O)(=O)c1ccc(C2(CN)CC2)c(F)c1F. The average Bonchev–Trinajstić information content (AvgIpc) is 3.01. The van der Waals surface area contributed by atoms with Crippen molar-refractivity contribution < 1.29 is 17.2 Å². The Balaban J connectivity index is 2.59. The molecule has 3 nitrogen and oxygen atoms in total. The Morgan fingerprint density at radius 3 is 2.29 bits per heavy atom. The van der Waals surface area contributed by atoms with Crippen molar-refractivity contribution in [1.29, 1.82) is 0 Å². The summed E-state index contributed by atoms with van der Waals surface area (Å²) in [5, 5.41) is 0. The first-order chi connectivity index (χ1) is 7.82. The average molecular weight is 261 g/mol. The van der Waals surface area contributed by atoms with Crippen LogP contribution in [0.5, 0.6) is 0 Å². The first kappa shape index (κ1) is 12.4. The van der Waals surface area contributed by atoms with E-state index in [1.807, 2.05) is 0 Å². The van der Waals surface area contributed by atoms with Gasteiger partial charge in [-0.15, -0.1) is 0 Å². The molecule has 2 rings (SSSR count). The first-order valence-corrected chi connectivity index (χ1v) is 7.09. The molecular weight excluding hydrogens is 248 g/mol. The predicted molar refractivity (Wildman–Crippen MR) is 59.4 cm³/mol. The van der Waals surface area contributed by atoms with Crippen molar-refractivity contribution in [2.75, 3.05) is 12.8 Å². The summed E-state index contributed by atoms with van der Waals surface area (Å²) < 4.78 is 49.9. The second-order valence-corrected chi connectivity index (χ2v) is 6.48. The third-order valence-electron chi connectivity index (χ3n) is 3.26. The minimum atomic E-state index is -3.75. The van der Waals surface area contributed by atoms with E-state index < -0.39 is 31.8 Å². The van der Waals surface area contributed by atoms with Gasteiger partial charge in [0.1, 0.15) is 4.90 Å². The van der Waals surface area contributed by atoms with Gasteiger partial charge in [0, 0.05) is 18.2 Å². The number of hydrogen-bond donors (Lipinski definition) is 1. The Kier molecular flexibility index (Phi) is 2.74. The van der Waals surface area contributed by atoms with Crippen LogP contribution < -0.4 is 5.73 Å². The molecule has 1 fully saturated rings. The van der Waals surface area contributed by atoms with Gasteiger partial charge >= 0.3 is 0 Å². The lowest BCUT2D eigenvalue weighted by molar-refractivity contribution is 0.465. The predicted octanol–water partition coefficient (Wildman–Crippen LogP) is 1.36. The Labute approximate surface area is 98.5 Å². The summed E-state index contributed by atoms with van der Waals surface area (Å²) >= 11 is 0. The maximum absolute atomic E-state index is 13.8. The highest BCUT2D eigenvalue weighted by Gasteiger charge is 2.45. The molecule has 2 N–H and O–H groups in total. The van der Waals surface area contributed by atoms with Crippen LogP contribution in [0, 0.1) is 11.6 Å². The van der Waals surface area contributed by atoms with Gasteiger partial charge < -0.3 is 5.73 Å². The van der Waals surface area contributed by atoms with Crippen LogP contribution in [0.3, 0.4) is 0 Å². The van der Waals surface area contributed by atoms with E-state index in [-0.39, 0.29) is 12.1 Å². The highest BCUT2D eigenvalue weighted by atomic mass is 32.2. The molecule has 0 unspecified atom stereocenters. The highest BCUT2D eigenvalue weighted by molar-refractivity contribution is 7.90. The van der Waals surface area contributed by atoms with Crippen LogP contribution in [-0.2, 0) is 15.3 Å². The van der Waals surface area contributed by atoms with Crippen LogP contribution in [0.1, 0.15) is 18.4 Å². The molecule has 0 heterocycles. The van der Waals surface area contributed by atoms with Crippen LogP contribution >= 0.6 is 0 Å². The van der Waals surface area contributed by atoms with Gasteiger partial charge in [-0.1, -0.05) is 6.07 Å². The molecule has 1 saturated carbocycles. The maximum Gasteiger partial charge on any atom is 0.178 e. The van der Waals surface area contributed by atoms with Crippen molar-refractivity contribution in [2.24, 2.45) is 5.73 Å². The molecule has 1 aliphatic carbocycles. The minimum Gasteiger partial charge on any atom is -0.330 e. The second kappa shape index (κ2) is 3.74. The van der Waals surface area contributed by atoms with E-state index in [1.165, 1.54) is 6.07 Å². The molecule has 0 bridgehead atoms. The summed E-state index contributed by atoms with van der Waals surface area (Å²) in [5.41, 5.74) is 5.22. The van der Waals surface area contributed by atoms with Crippen molar-refractivity contribution in [1.82, 2.24) is 0 Å². The molecule has 0 aromatic heterocycles. The summed E-state index contributed by atoms with van der Waals surface area (Å²) in [5.74, 6) is -2.39. The van der Waals surface area contributed by atoms with Crippen molar-refractivity contribution in [3.63, 3.8) is 0 Å². The summed E-state index contributed by atoms with van der Waals surface area (Å²) in [6.07, 6.45) is 2.26. The highest BCUT2D eigenvalue weighted by Crippen LogP contribution is 2.48. The fourth-order valence-corrected chi connectivity index (χ4v) is 2.69. The van der Waals surface area contributed by atoms with Crippen LogP contribution in [0.15, 0.2) is 17.0 Å². The van der Waals surface area contributed by atoms with Crippen LogP contribution in [0.2, 0.25) is 0 Å². The summed E-state index contributed by atoms with van der Waals surface area (Å²) in [6, 6.07) is 2.44. The molecule has 6 heteroatoms. The fraction of sp³-hybridized carbons (Fsp3) is 0.455. The Bertz CT molecular complexity index is 565. The molecule has 0 aliphatic heterocycles. The third kappa shape index (κ3) is 1.95. The van der Waals surface area contributed by atoms with Crippen molar-refractivity contribution in [3.8, 4) is 0 Å². The van der Waals surface area contributed by atoms with E-state index in [2.05, 4.69) is 0 Å². The van der Waals surface area contributed by atoms with E-state index in [4.69, 9.17) is 5.73 Å². The van der Waals surface area contributed by atoms with Crippen molar-refractivity contribution in [3.05, 3.63) is 29.3 Å². The third-order valence-corrected chi connectivity index (χ3v) is 4.38. The molecule has 0 atom stereocenters. The lowest BCUT2D eigenvalue weighted by Crippen LogP contribution is -2.22. The number of benzene rings is 1. The molecule has 0 amide bonds. The molecule has 0 saturated heterocycles.